The molecule has 1 aliphatic rings. The number of carbonyl (C=O) groups excluding carboxylic acids is 1. The van der Waals surface area contributed by atoms with Gasteiger partial charge >= 0.3 is 5.97 Å². The number of fused-ring (bicyclic) bond motifs is 1. The molecule has 0 amide bonds. The Labute approximate surface area is 197 Å². The summed E-state index contributed by atoms with van der Waals surface area (Å²) in [6, 6.07) is 10.8. The van der Waals surface area contributed by atoms with E-state index in [1.54, 1.807) is 56.3 Å². The lowest BCUT2D eigenvalue weighted by molar-refractivity contribution is -0.139. The number of halogens is 2. The maximum atomic E-state index is 13.5. The number of hydrogen-bond acceptors (Lipinski definition) is 6. The van der Waals surface area contributed by atoms with Gasteiger partial charge in [-0.1, -0.05) is 46.7 Å². The summed E-state index contributed by atoms with van der Waals surface area (Å²) < 4.78 is 7.08. The van der Waals surface area contributed by atoms with Crippen LogP contribution in [0.1, 0.15) is 31.0 Å². The minimum atomic E-state index is -0.724. The standard InChI is InChI=1S/C23H18Cl2N2O4S/c1-3-31-22(30)19-12(2)26-23-27(20(19)13-4-6-15(24)7-5-13)21(29)18(32-23)11-14-10-16(25)8-9-17(14)28/h4-11,20,28H,3H2,1-2H3/b18-11-/t20-/m1/s1. The second-order valence-electron chi connectivity index (χ2n) is 7.06. The minimum Gasteiger partial charge on any atom is -0.507 e. The number of allylic oxidation sites excluding steroid dienone is 1. The van der Waals surface area contributed by atoms with Gasteiger partial charge in [0.2, 0.25) is 0 Å². The summed E-state index contributed by atoms with van der Waals surface area (Å²) in [5.41, 5.74) is 1.53. The van der Waals surface area contributed by atoms with Crippen molar-refractivity contribution in [1.82, 2.24) is 4.57 Å². The molecule has 2 aromatic carbocycles. The van der Waals surface area contributed by atoms with Crippen LogP contribution in [0, 0.1) is 0 Å². The van der Waals surface area contributed by atoms with E-state index in [-0.39, 0.29) is 17.9 Å². The van der Waals surface area contributed by atoms with Crippen LogP contribution in [0.25, 0.3) is 6.08 Å². The molecule has 1 N–H and O–H groups in total. The zero-order chi connectivity index (χ0) is 23.0. The van der Waals surface area contributed by atoms with Gasteiger partial charge in [0.1, 0.15) is 5.75 Å². The second kappa shape index (κ2) is 8.94. The van der Waals surface area contributed by atoms with E-state index in [0.29, 0.717) is 41.8 Å². The first-order valence-corrected chi connectivity index (χ1v) is 11.3. The van der Waals surface area contributed by atoms with Crippen molar-refractivity contribution >= 4 is 46.6 Å². The molecule has 4 rings (SSSR count). The van der Waals surface area contributed by atoms with E-state index in [0.717, 1.165) is 0 Å². The molecule has 0 radical (unpaired) electrons. The second-order valence-corrected chi connectivity index (χ2v) is 8.94. The molecular formula is C23H18Cl2N2O4S. The van der Waals surface area contributed by atoms with Crippen LogP contribution in [-0.2, 0) is 9.53 Å². The summed E-state index contributed by atoms with van der Waals surface area (Å²) in [7, 11) is 0. The molecule has 164 valence electrons. The Hall–Kier alpha value is -2.87. The number of thiazole rings is 1. The molecular weight excluding hydrogens is 471 g/mol. The largest absolute Gasteiger partial charge is 0.507 e. The third-order valence-corrected chi connectivity index (χ3v) is 6.45. The number of rotatable bonds is 4. The molecule has 32 heavy (non-hydrogen) atoms. The SMILES string of the molecule is CCOC(=O)C1=C(C)N=c2s/c(=C\c3cc(Cl)ccc3O)c(=O)n2[C@@H]1c1ccc(Cl)cc1. The van der Waals surface area contributed by atoms with Gasteiger partial charge in [0.05, 0.1) is 28.5 Å². The van der Waals surface area contributed by atoms with Crippen molar-refractivity contribution in [2.75, 3.05) is 6.61 Å². The summed E-state index contributed by atoms with van der Waals surface area (Å²) in [4.78, 5) is 31.2. The van der Waals surface area contributed by atoms with Crippen molar-refractivity contribution in [2.45, 2.75) is 19.9 Å². The highest BCUT2D eigenvalue weighted by molar-refractivity contribution is 7.07. The first-order chi connectivity index (χ1) is 15.3. The smallest absolute Gasteiger partial charge is 0.338 e. The average Bonchev–Trinajstić information content (AvgIpc) is 3.05. The van der Waals surface area contributed by atoms with Crippen molar-refractivity contribution in [3.8, 4) is 5.75 Å². The summed E-state index contributed by atoms with van der Waals surface area (Å²) in [5, 5.41) is 11.1. The van der Waals surface area contributed by atoms with Gasteiger partial charge in [-0.3, -0.25) is 9.36 Å². The summed E-state index contributed by atoms with van der Waals surface area (Å²) in [6.45, 7) is 3.63. The van der Waals surface area contributed by atoms with Crippen LogP contribution in [0.2, 0.25) is 10.0 Å². The minimum absolute atomic E-state index is 0.00196. The first kappa shape index (κ1) is 22.3. The van der Waals surface area contributed by atoms with Crippen LogP contribution in [-0.4, -0.2) is 22.2 Å². The van der Waals surface area contributed by atoms with Crippen LogP contribution >= 0.6 is 34.5 Å². The molecule has 0 saturated carbocycles. The van der Waals surface area contributed by atoms with E-state index in [4.69, 9.17) is 27.9 Å². The molecule has 0 fully saturated rings. The lowest BCUT2D eigenvalue weighted by Gasteiger charge is -2.24. The maximum absolute atomic E-state index is 13.5. The van der Waals surface area contributed by atoms with Crippen molar-refractivity contribution in [1.29, 1.82) is 0 Å². The molecule has 0 bridgehead atoms. The predicted molar refractivity (Wildman–Crippen MR) is 125 cm³/mol. The third-order valence-electron chi connectivity index (χ3n) is 4.98. The Bertz CT molecular complexity index is 1420. The Morgan fingerprint density at radius 1 is 1.22 bits per heavy atom. The zero-order valence-corrected chi connectivity index (χ0v) is 19.5. The van der Waals surface area contributed by atoms with Crippen molar-refractivity contribution < 1.29 is 14.6 Å². The molecule has 0 unspecified atom stereocenters. The Kier molecular flexibility index (Phi) is 6.24. The van der Waals surface area contributed by atoms with Crippen molar-refractivity contribution in [3.63, 3.8) is 0 Å². The number of phenols is 1. The van der Waals surface area contributed by atoms with Crippen LogP contribution in [0.15, 0.2) is 63.5 Å². The van der Waals surface area contributed by atoms with Gasteiger partial charge in [-0.25, -0.2) is 9.79 Å². The Morgan fingerprint density at radius 2 is 1.91 bits per heavy atom. The third kappa shape index (κ3) is 4.11. The number of phenolic OH excluding ortho intramolecular Hbond substituents is 1. The zero-order valence-electron chi connectivity index (χ0n) is 17.1. The van der Waals surface area contributed by atoms with Gasteiger partial charge in [-0.15, -0.1) is 0 Å². The summed E-state index contributed by atoms with van der Waals surface area (Å²) in [6.07, 6.45) is 1.56. The predicted octanol–water partition coefficient (Wildman–Crippen LogP) is 3.81. The molecule has 0 saturated heterocycles. The average molecular weight is 489 g/mol. The fourth-order valence-electron chi connectivity index (χ4n) is 3.53. The summed E-state index contributed by atoms with van der Waals surface area (Å²) >= 11 is 13.3. The topological polar surface area (TPSA) is 80.9 Å². The maximum Gasteiger partial charge on any atom is 0.338 e. The van der Waals surface area contributed by atoms with Crippen LogP contribution < -0.4 is 14.9 Å². The molecule has 2 heterocycles. The Balaban J connectivity index is 1.97. The number of aromatic hydroxyl groups is 1. The number of ether oxygens (including phenoxy) is 1. The molecule has 6 nitrogen and oxygen atoms in total. The first-order valence-electron chi connectivity index (χ1n) is 9.73. The Morgan fingerprint density at radius 3 is 2.59 bits per heavy atom. The number of carbonyl (C=O) groups is 1. The van der Waals surface area contributed by atoms with E-state index < -0.39 is 12.0 Å². The van der Waals surface area contributed by atoms with E-state index in [1.165, 1.54) is 22.0 Å². The lowest BCUT2D eigenvalue weighted by atomic mass is 9.96. The van der Waals surface area contributed by atoms with Crippen molar-refractivity contribution in [2.24, 2.45) is 4.99 Å². The van der Waals surface area contributed by atoms with E-state index in [9.17, 15) is 14.7 Å². The fourth-order valence-corrected chi connectivity index (χ4v) is 4.88. The highest BCUT2D eigenvalue weighted by Crippen LogP contribution is 2.31. The molecule has 1 aliphatic heterocycles. The number of nitrogens with zero attached hydrogens (tertiary/aromatic N) is 2. The lowest BCUT2D eigenvalue weighted by Crippen LogP contribution is -2.39. The van der Waals surface area contributed by atoms with Crippen LogP contribution in [0.3, 0.4) is 0 Å². The number of aromatic nitrogens is 1. The monoisotopic (exact) mass is 488 g/mol. The van der Waals surface area contributed by atoms with Gasteiger partial charge in [-0.2, -0.15) is 0 Å². The number of benzene rings is 2. The van der Waals surface area contributed by atoms with Crippen molar-refractivity contribution in [3.05, 3.63) is 94.6 Å². The molecule has 9 heteroatoms. The number of esters is 1. The molecule has 0 spiro atoms. The summed E-state index contributed by atoms with van der Waals surface area (Å²) in [5.74, 6) is -0.534. The normalized spacial score (nSPS) is 16.0. The van der Waals surface area contributed by atoms with Gasteiger partial charge < -0.3 is 9.84 Å². The molecule has 1 atom stereocenters. The van der Waals surface area contributed by atoms with E-state index in [2.05, 4.69) is 4.99 Å². The number of hydrogen-bond donors (Lipinski definition) is 1. The van der Waals surface area contributed by atoms with E-state index >= 15 is 0 Å². The van der Waals surface area contributed by atoms with Gasteiger partial charge in [0.15, 0.2) is 4.80 Å². The fraction of sp³-hybridized carbons (Fsp3) is 0.174. The van der Waals surface area contributed by atoms with Crippen LogP contribution in [0.5, 0.6) is 5.75 Å². The quantitative estimate of drug-likeness (QED) is 0.566. The highest BCUT2D eigenvalue weighted by atomic mass is 35.5. The molecule has 1 aromatic heterocycles. The van der Waals surface area contributed by atoms with Gasteiger partial charge in [-0.05, 0) is 55.8 Å². The molecule has 3 aromatic rings. The van der Waals surface area contributed by atoms with Gasteiger partial charge in [0, 0.05) is 15.6 Å². The molecule has 0 aliphatic carbocycles. The van der Waals surface area contributed by atoms with Gasteiger partial charge in [0.25, 0.3) is 5.56 Å². The van der Waals surface area contributed by atoms with Crippen LogP contribution in [0.4, 0.5) is 0 Å². The van der Waals surface area contributed by atoms with E-state index in [1.807, 2.05) is 0 Å². The highest BCUT2D eigenvalue weighted by Gasteiger charge is 2.33.